The predicted octanol–water partition coefficient (Wildman–Crippen LogP) is 0.578. The minimum atomic E-state index is -0.629. The monoisotopic (exact) mass is 188 g/mol. The third-order valence-corrected chi connectivity index (χ3v) is 2.21. The topological polar surface area (TPSA) is 58.3 Å². The number of aliphatic hydroxyl groups is 1. The fraction of sp³-hybridized carbons (Fsp3) is 1.00. The van der Waals surface area contributed by atoms with Gasteiger partial charge < -0.3 is 16.2 Å². The van der Waals surface area contributed by atoms with E-state index < -0.39 is 5.60 Å². The minimum absolute atomic E-state index is 0.502. The molecule has 4 N–H and O–H groups in total. The Bertz CT molecular complexity index is 129. The lowest BCUT2D eigenvalue weighted by Gasteiger charge is -2.23. The van der Waals surface area contributed by atoms with Gasteiger partial charge in [0.1, 0.15) is 0 Å². The average Bonchev–Trinajstić information content (AvgIpc) is 1.95. The highest BCUT2D eigenvalue weighted by Crippen LogP contribution is 2.07. The summed E-state index contributed by atoms with van der Waals surface area (Å²) in [5.41, 5.74) is 4.99. The van der Waals surface area contributed by atoms with Crippen molar-refractivity contribution >= 4 is 0 Å². The smallest absolute Gasteiger partial charge is 0.0715 e. The van der Waals surface area contributed by atoms with Crippen molar-refractivity contribution < 1.29 is 5.11 Å². The van der Waals surface area contributed by atoms with Gasteiger partial charge in [0, 0.05) is 6.54 Å². The molecule has 0 rings (SSSR count). The van der Waals surface area contributed by atoms with E-state index in [1.54, 1.807) is 13.8 Å². The lowest BCUT2D eigenvalue weighted by molar-refractivity contribution is 0.0781. The van der Waals surface area contributed by atoms with Gasteiger partial charge in [-0.25, -0.2) is 0 Å². The molecule has 80 valence electrons. The Morgan fingerprint density at radius 3 is 2.23 bits per heavy atom. The number of rotatable bonds is 6. The molecule has 0 spiro atoms. The zero-order valence-electron chi connectivity index (χ0n) is 9.30. The van der Waals surface area contributed by atoms with E-state index in [-0.39, 0.29) is 0 Å². The Labute approximate surface area is 81.7 Å². The lowest BCUT2D eigenvalue weighted by Crippen LogP contribution is -2.39. The van der Waals surface area contributed by atoms with Crippen molar-refractivity contribution in [3.8, 4) is 0 Å². The van der Waals surface area contributed by atoms with Gasteiger partial charge in [0.15, 0.2) is 0 Å². The maximum Gasteiger partial charge on any atom is 0.0715 e. The Balaban J connectivity index is 3.62. The fourth-order valence-electron chi connectivity index (χ4n) is 1.15. The molecule has 3 heteroatoms. The van der Waals surface area contributed by atoms with E-state index in [9.17, 15) is 5.11 Å². The molecule has 0 aromatic carbocycles. The molecule has 0 saturated heterocycles. The summed E-state index contributed by atoms with van der Waals surface area (Å²) in [7, 11) is 0. The molecular formula is C10H24N2O. The van der Waals surface area contributed by atoms with E-state index in [0.29, 0.717) is 24.9 Å². The highest BCUT2D eigenvalue weighted by molar-refractivity contribution is 4.72. The zero-order chi connectivity index (χ0) is 10.5. The van der Waals surface area contributed by atoms with Crippen LogP contribution >= 0.6 is 0 Å². The van der Waals surface area contributed by atoms with Crippen LogP contribution in [0.15, 0.2) is 0 Å². The Morgan fingerprint density at radius 2 is 1.92 bits per heavy atom. The van der Waals surface area contributed by atoms with Crippen LogP contribution in [0.1, 0.15) is 27.7 Å². The van der Waals surface area contributed by atoms with Gasteiger partial charge in [0.05, 0.1) is 5.60 Å². The molecule has 0 aromatic heterocycles. The lowest BCUT2D eigenvalue weighted by atomic mass is 9.96. The van der Waals surface area contributed by atoms with Gasteiger partial charge in [-0.3, -0.25) is 0 Å². The molecule has 1 atom stereocenters. The van der Waals surface area contributed by atoms with Crippen molar-refractivity contribution in [1.29, 1.82) is 0 Å². The van der Waals surface area contributed by atoms with Gasteiger partial charge in [-0.1, -0.05) is 13.8 Å². The summed E-state index contributed by atoms with van der Waals surface area (Å²) in [5.74, 6) is 1.10. The summed E-state index contributed by atoms with van der Waals surface area (Å²) in [6.45, 7) is 10.1. The van der Waals surface area contributed by atoms with Gasteiger partial charge in [-0.05, 0) is 38.8 Å². The van der Waals surface area contributed by atoms with Crippen LogP contribution in [0.2, 0.25) is 0 Å². The number of hydrogen-bond acceptors (Lipinski definition) is 3. The molecule has 0 aromatic rings. The number of nitrogens with two attached hydrogens (primary N) is 1. The van der Waals surface area contributed by atoms with E-state index in [4.69, 9.17) is 5.73 Å². The Hall–Kier alpha value is -0.120. The van der Waals surface area contributed by atoms with Gasteiger partial charge in [0.2, 0.25) is 0 Å². The largest absolute Gasteiger partial charge is 0.389 e. The second kappa shape index (κ2) is 5.58. The van der Waals surface area contributed by atoms with Crippen molar-refractivity contribution in [2.24, 2.45) is 17.6 Å². The van der Waals surface area contributed by atoms with E-state index in [1.165, 1.54) is 0 Å². The molecule has 0 fully saturated rings. The normalized spacial score (nSPS) is 15.0. The highest BCUT2D eigenvalue weighted by atomic mass is 16.3. The molecule has 0 aliphatic carbocycles. The van der Waals surface area contributed by atoms with Crippen molar-refractivity contribution in [3.05, 3.63) is 0 Å². The zero-order valence-corrected chi connectivity index (χ0v) is 9.30. The Kier molecular flexibility index (Phi) is 5.53. The standard InChI is InChI=1S/C10H24N2O/c1-8(2)9(5-11)6-12-7-10(3,4)13/h8-9,12-13H,5-7,11H2,1-4H3. The van der Waals surface area contributed by atoms with Gasteiger partial charge in [0.25, 0.3) is 0 Å². The maximum atomic E-state index is 9.45. The van der Waals surface area contributed by atoms with E-state index in [1.807, 2.05) is 0 Å². The fourth-order valence-corrected chi connectivity index (χ4v) is 1.15. The van der Waals surface area contributed by atoms with Gasteiger partial charge in [-0.15, -0.1) is 0 Å². The molecule has 0 aliphatic heterocycles. The van der Waals surface area contributed by atoms with Crippen LogP contribution in [-0.2, 0) is 0 Å². The summed E-state index contributed by atoms with van der Waals surface area (Å²) in [6, 6.07) is 0. The number of nitrogens with one attached hydrogen (secondary N) is 1. The third-order valence-electron chi connectivity index (χ3n) is 2.21. The molecular weight excluding hydrogens is 164 g/mol. The third kappa shape index (κ3) is 6.99. The average molecular weight is 188 g/mol. The van der Waals surface area contributed by atoms with Crippen LogP contribution in [0, 0.1) is 11.8 Å². The highest BCUT2D eigenvalue weighted by Gasteiger charge is 2.14. The molecule has 0 saturated carbocycles. The quantitative estimate of drug-likeness (QED) is 0.571. The molecule has 0 heterocycles. The summed E-state index contributed by atoms with van der Waals surface area (Å²) < 4.78 is 0. The van der Waals surface area contributed by atoms with E-state index in [0.717, 1.165) is 6.54 Å². The predicted molar refractivity (Wildman–Crippen MR) is 56.5 cm³/mol. The maximum absolute atomic E-state index is 9.45. The molecule has 0 bridgehead atoms. The molecule has 13 heavy (non-hydrogen) atoms. The van der Waals surface area contributed by atoms with Crippen LogP contribution in [0.4, 0.5) is 0 Å². The van der Waals surface area contributed by atoms with Crippen molar-refractivity contribution in [1.82, 2.24) is 5.32 Å². The summed E-state index contributed by atoms with van der Waals surface area (Å²) >= 11 is 0. The first-order chi connectivity index (χ1) is 5.87. The molecule has 3 nitrogen and oxygen atoms in total. The first kappa shape index (κ1) is 12.9. The number of hydrogen-bond donors (Lipinski definition) is 3. The second-order valence-corrected chi connectivity index (χ2v) is 4.68. The van der Waals surface area contributed by atoms with Crippen LogP contribution in [0.5, 0.6) is 0 Å². The molecule has 0 radical (unpaired) electrons. The van der Waals surface area contributed by atoms with Crippen molar-refractivity contribution in [2.45, 2.75) is 33.3 Å². The van der Waals surface area contributed by atoms with Crippen LogP contribution < -0.4 is 11.1 Å². The van der Waals surface area contributed by atoms with Crippen LogP contribution in [0.25, 0.3) is 0 Å². The van der Waals surface area contributed by atoms with Crippen LogP contribution in [-0.4, -0.2) is 30.3 Å². The van der Waals surface area contributed by atoms with E-state index >= 15 is 0 Å². The van der Waals surface area contributed by atoms with E-state index in [2.05, 4.69) is 19.2 Å². The van der Waals surface area contributed by atoms with Gasteiger partial charge in [-0.2, -0.15) is 0 Å². The van der Waals surface area contributed by atoms with Gasteiger partial charge >= 0.3 is 0 Å². The van der Waals surface area contributed by atoms with Crippen molar-refractivity contribution in [3.63, 3.8) is 0 Å². The summed E-state index contributed by atoms with van der Waals surface area (Å²) in [6.07, 6.45) is 0. The first-order valence-electron chi connectivity index (χ1n) is 5.00. The van der Waals surface area contributed by atoms with Crippen LogP contribution in [0.3, 0.4) is 0 Å². The molecule has 0 amide bonds. The Morgan fingerprint density at radius 1 is 1.38 bits per heavy atom. The SMILES string of the molecule is CC(C)C(CN)CNCC(C)(C)O. The first-order valence-corrected chi connectivity index (χ1v) is 5.00. The molecule has 1 unspecified atom stereocenters. The molecule has 0 aliphatic rings. The second-order valence-electron chi connectivity index (χ2n) is 4.68. The van der Waals surface area contributed by atoms with Crippen molar-refractivity contribution in [2.75, 3.05) is 19.6 Å². The minimum Gasteiger partial charge on any atom is -0.389 e. The summed E-state index contributed by atoms with van der Waals surface area (Å²) in [4.78, 5) is 0. The summed E-state index contributed by atoms with van der Waals surface area (Å²) in [5, 5.41) is 12.7.